The van der Waals surface area contributed by atoms with E-state index in [4.69, 9.17) is 9.47 Å². The molecule has 1 saturated heterocycles. The van der Waals surface area contributed by atoms with E-state index >= 15 is 0 Å². The predicted octanol–water partition coefficient (Wildman–Crippen LogP) is 2.35. The van der Waals surface area contributed by atoms with Crippen LogP contribution in [0.15, 0.2) is 18.2 Å². The summed E-state index contributed by atoms with van der Waals surface area (Å²) in [6.45, 7) is 5.94. The largest absolute Gasteiger partial charge is 0.495 e. The number of nitrogens with zero attached hydrogens (tertiary/aromatic N) is 1. The van der Waals surface area contributed by atoms with Crippen LogP contribution in [0.1, 0.15) is 13.3 Å². The van der Waals surface area contributed by atoms with Gasteiger partial charge in [0.1, 0.15) is 11.4 Å². The van der Waals surface area contributed by atoms with E-state index in [1.807, 2.05) is 6.07 Å². The summed E-state index contributed by atoms with van der Waals surface area (Å²) in [6.07, 6.45) is 1.14. The second-order valence-corrected chi connectivity index (χ2v) is 5.29. The fraction of sp³-hybridized carbons (Fsp3) is 0.600. The summed E-state index contributed by atoms with van der Waals surface area (Å²) in [5, 5.41) is 3.56. The van der Waals surface area contributed by atoms with Gasteiger partial charge in [0.15, 0.2) is 0 Å². The fourth-order valence-corrected chi connectivity index (χ4v) is 3.17. The van der Waals surface area contributed by atoms with Gasteiger partial charge in [0.05, 0.1) is 32.1 Å². The number of rotatable bonds is 3. The number of ether oxygens (including phenoxy) is 2. The molecule has 1 aromatic rings. The zero-order valence-electron chi connectivity index (χ0n) is 11.7. The molecule has 2 unspecified atom stereocenters. The van der Waals surface area contributed by atoms with Gasteiger partial charge in [0.2, 0.25) is 0 Å². The minimum Gasteiger partial charge on any atom is -0.495 e. The quantitative estimate of drug-likeness (QED) is 0.906. The van der Waals surface area contributed by atoms with Crippen molar-refractivity contribution >= 4 is 11.4 Å². The highest BCUT2D eigenvalue weighted by Crippen LogP contribution is 2.40. The molecule has 4 nitrogen and oxygen atoms in total. The topological polar surface area (TPSA) is 33.7 Å². The maximum atomic E-state index is 5.68. The normalized spacial score (nSPS) is 25.3. The fourth-order valence-electron chi connectivity index (χ4n) is 3.17. The standard InChI is InChI=1S/C15H22N2O2/c1-3-7-17-12-5-4-6-14(18-2)15(12)16-8-11-9-19-10-13(11)17/h4-6,11,13,16H,3,7-10H2,1-2H3. The van der Waals surface area contributed by atoms with E-state index in [1.54, 1.807) is 7.11 Å². The molecule has 1 N–H and O–H groups in total. The van der Waals surface area contributed by atoms with Gasteiger partial charge in [-0.2, -0.15) is 0 Å². The average molecular weight is 262 g/mol. The van der Waals surface area contributed by atoms with Crippen molar-refractivity contribution in [3.8, 4) is 5.75 Å². The van der Waals surface area contributed by atoms with Crippen molar-refractivity contribution in [3.63, 3.8) is 0 Å². The lowest BCUT2D eigenvalue weighted by atomic mass is 10.0. The molecule has 2 aliphatic rings. The Hall–Kier alpha value is -1.42. The Morgan fingerprint density at radius 1 is 1.42 bits per heavy atom. The minimum absolute atomic E-state index is 0.487. The number of anilines is 2. The lowest BCUT2D eigenvalue weighted by Crippen LogP contribution is -2.41. The van der Waals surface area contributed by atoms with Gasteiger partial charge < -0.3 is 19.7 Å². The molecule has 2 atom stereocenters. The van der Waals surface area contributed by atoms with Crippen molar-refractivity contribution < 1.29 is 9.47 Å². The number of hydrogen-bond acceptors (Lipinski definition) is 4. The molecule has 3 rings (SSSR count). The highest BCUT2D eigenvalue weighted by molar-refractivity contribution is 5.77. The van der Waals surface area contributed by atoms with Crippen LogP contribution >= 0.6 is 0 Å². The Labute approximate surface area is 114 Å². The van der Waals surface area contributed by atoms with Gasteiger partial charge >= 0.3 is 0 Å². The first kappa shape index (κ1) is 12.6. The molecular weight excluding hydrogens is 240 g/mol. The van der Waals surface area contributed by atoms with E-state index < -0.39 is 0 Å². The summed E-state index contributed by atoms with van der Waals surface area (Å²) < 4.78 is 11.2. The number of fused-ring (bicyclic) bond motifs is 2. The van der Waals surface area contributed by atoms with E-state index in [0.717, 1.165) is 44.2 Å². The molecule has 0 bridgehead atoms. The smallest absolute Gasteiger partial charge is 0.144 e. The van der Waals surface area contributed by atoms with Gasteiger partial charge in [0.25, 0.3) is 0 Å². The van der Waals surface area contributed by atoms with E-state index in [-0.39, 0.29) is 0 Å². The second kappa shape index (κ2) is 5.29. The van der Waals surface area contributed by atoms with Gasteiger partial charge in [-0.1, -0.05) is 13.0 Å². The van der Waals surface area contributed by atoms with E-state index in [1.165, 1.54) is 5.69 Å². The zero-order chi connectivity index (χ0) is 13.2. The summed E-state index contributed by atoms with van der Waals surface area (Å²) in [7, 11) is 1.73. The lowest BCUT2D eigenvalue weighted by Gasteiger charge is -2.32. The highest BCUT2D eigenvalue weighted by Gasteiger charge is 2.36. The molecule has 1 fully saturated rings. The van der Waals surface area contributed by atoms with Crippen LogP contribution in [0.4, 0.5) is 11.4 Å². The molecular formula is C15H22N2O2. The Morgan fingerprint density at radius 3 is 3.11 bits per heavy atom. The second-order valence-electron chi connectivity index (χ2n) is 5.29. The van der Waals surface area contributed by atoms with Crippen LogP contribution in [-0.4, -0.2) is 39.5 Å². The van der Waals surface area contributed by atoms with Crippen molar-refractivity contribution in [2.75, 3.05) is 43.6 Å². The molecule has 0 saturated carbocycles. The Bertz CT molecular complexity index is 450. The van der Waals surface area contributed by atoms with Crippen molar-refractivity contribution in [3.05, 3.63) is 18.2 Å². The van der Waals surface area contributed by atoms with Crippen LogP contribution in [0, 0.1) is 5.92 Å². The summed E-state index contributed by atoms with van der Waals surface area (Å²) in [5.41, 5.74) is 2.38. The third-order valence-corrected chi connectivity index (χ3v) is 4.10. The van der Waals surface area contributed by atoms with Crippen LogP contribution in [0.3, 0.4) is 0 Å². The molecule has 104 valence electrons. The Balaban J connectivity index is 2.03. The van der Waals surface area contributed by atoms with Gasteiger partial charge in [-0.25, -0.2) is 0 Å². The number of methoxy groups -OCH3 is 1. The maximum absolute atomic E-state index is 5.68. The van der Waals surface area contributed by atoms with Gasteiger partial charge in [-0.3, -0.25) is 0 Å². The van der Waals surface area contributed by atoms with Crippen LogP contribution in [0.2, 0.25) is 0 Å². The number of para-hydroxylation sites is 1. The molecule has 0 aromatic heterocycles. The number of benzene rings is 1. The third-order valence-electron chi connectivity index (χ3n) is 4.10. The van der Waals surface area contributed by atoms with E-state index in [0.29, 0.717) is 12.0 Å². The van der Waals surface area contributed by atoms with Gasteiger partial charge in [-0.05, 0) is 18.6 Å². The van der Waals surface area contributed by atoms with Crippen molar-refractivity contribution in [2.45, 2.75) is 19.4 Å². The maximum Gasteiger partial charge on any atom is 0.144 e. The molecule has 0 spiro atoms. The molecule has 4 heteroatoms. The van der Waals surface area contributed by atoms with Gasteiger partial charge in [0, 0.05) is 19.0 Å². The monoisotopic (exact) mass is 262 g/mol. The van der Waals surface area contributed by atoms with Crippen LogP contribution in [-0.2, 0) is 4.74 Å². The first-order valence-electron chi connectivity index (χ1n) is 7.10. The first-order valence-corrected chi connectivity index (χ1v) is 7.10. The highest BCUT2D eigenvalue weighted by atomic mass is 16.5. The zero-order valence-corrected chi connectivity index (χ0v) is 11.7. The number of nitrogens with one attached hydrogen (secondary N) is 1. The molecule has 19 heavy (non-hydrogen) atoms. The predicted molar refractivity (Wildman–Crippen MR) is 77.2 cm³/mol. The Morgan fingerprint density at radius 2 is 2.32 bits per heavy atom. The minimum atomic E-state index is 0.487. The van der Waals surface area contributed by atoms with Crippen molar-refractivity contribution in [1.29, 1.82) is 0 Å². The third kappa shape index (κ3) is 2.14. The molecule has 2 aliphatic heterocycles. The Kier molecular flexibility index (Phi) is 3.51. The summed E-state index contributed by atoms with van der Waals surface area (Å²) in [4.78, 5) is 2.50. The SMILES string of the molecule is CCCN1c2cccc(OC)c2NCC2COCC21. The van der Waals surface area contributed by atoms with Crippen molar-refractivity contribution in [2.24, 2.45) is 5.92 Å². The summed E-state index contributed by atoms with van der Waals surface area (Å²) >= 11 is 0. The molecule has 1 aromatic carbocycles. The number of hydrogen-bond donors (Lipinski definition) is 1. The molecule has 0 aliphatic carbocycles. The summed E-state index contributed by atoms with van der Waals surface area (Å²) in [6, 6.07) is 6.76. The van der Waals surface area contributed by atoms with Crippen molar-refractivity contribution in [1.82, 2.24) is 0 Å². The van der Waals surface area contributed by atoms with E-state index in [2.05, 4.69) is 29.3 Å². The van der Waals surface area contributed by atoms with E-state index in [9.17, 15) is 0 Å². The van der Waals surface area contributed by atoms with Gasteiger partial charge in [-0.15, -0.1) is 0 Å². The molecule has 0 radical (unpaired) electrons. The van der Waals surface area contributed by atoms with Crippen LogP contribution in [0.5, 0.6) is 5.75 Å². The summed E-state index contributed by atoms with van der Waals surface area (Å²) in [5.74, 6) is 1.49. The first-order chi connectivity index (χ1) is 9.35. The molecule has 2 heterocycles. The van der Waals surface area contributed by atoms with Crippen LogP contribution in [0.25, 0.3) is 0 Å². The van der Waals surface area contributed by atoms with Crippen LogP contribution < -0.4 is 15.0 Å². The average Bonchev–Trinajstić information content (AvgIpc) is 2.85. The lowest BCUT2D eigenvalue weighted by molar-refractivity contribution is 0.185. The molecule has 0 amide bonds.